The lowest BCUT2D eigenvalue weighted by Crippen LogP contribution is -2.36. The van der Waals surface area contributed by atoms with E-state index in [1.807, 2.05) is 31.6 Å². The zero-order valence-corrected chi connectivity index (χ0v) is 17.1. The van der Waals surface area contributed by atoms with E-state index in [1.165, 1.54) is 11.6 Å². The molecule has 156 valence electrons. The molecule has 4 rings (SSSR count). The maximum Gasteiger partial charge on any atom is 0.272 e. The van der Waals surface area contributed by atoms with Gasteiger partial charge in [-0.25, -0.2) is 4.39 Å². The molecule has 0 saturated carbocycles. The van der Waals surface area contributed by atoms with Crippen LogP contribution in [0.15, 0.2) is 48.8 Å². The van der Waals surface area contributed by atoms with Gasteiger partial charge in [0.1, 0.15) is 5.82 Å². The monoisotopic (exact) mass is 407 g/mol. The molecule has 7 heteroatoms. The third-order valence-electron chi connectivity index (χ3n) is 5.66. The van der Waals surface area contributed by atoms with Crippen molar-refractivity contribution in [3.05, 3.63) is 82.7 Å². The zero-order valence-electron chi connectivity index (χ0n) is 17.1. The maximum absolute atomic E-state index is 13.8. The molecule has 0 unspecified atom stereocenters. The highest BCUT2D eigenvalue weighted by atomic mass is 19.1. The summed E-state index contributed by atoms with van der Waals surface area (Å²) in [7, 11) is 1.88. The van der Waals surface area contributed by atoms with Gasteiger partial charge in [-0.3, -0.25) is 14.5 Å². The molecule has 0 saturated heterocycles. The number of pyridine rings is 1. The predicted octanol–water partition coefficient (Wildman–Crippen LogP) is 2.57. The van der Waals surface area contributed by atoms with E-state index in [-0.39, 0.29) is 18.3 Å². The van der Waals surface area contributed by atoms with Gasteiger partial charge in [0.25, 0.3) is 5.91 Å². The summed E-state index contributed by atoms with van der Waals surface area (Å²) in [5, 5.41) is 10.9. The molecule has 30 heavy (non-hydrogen) atoms. The van der Waals surface area contributed by atoms with Gasteiger partial charge in [-0.1, -0.05) is 18.2 Å². The Balaban J connectivity index is 1.38. The molecule has 1 aliphatic rings. The van der Waals surface area contributed by atoms with Crippen molar-refractivity contribution in [3.63, 3.8) is 0 Å². The van der Waals surface area contributed by atoms with E-state index in [0.717, 1.165) is 43.5 Å². The SMILES string of the molecule is Cn1nc(C(=O)NCc2ccccc2F)c2c1CC[C@H](NCCc1ccncc1)C2. The smallest absolute Gasteiger partial charge is 0.272 e. The molecule has 1 aliphatic carbocycles. The van der Waals surface area contributed by atoms with Gasteiger partial charge in [0, 0.05) is 48.8 Å². The number of aryl methyl sites for hydroxylation is 1. The normalized spacial score (nSPS) is 15.6. The van der Waals surface area contributed by atoms with E-state index in [9.17, 15) is 9.18 Å². The van der Waals surface area contributed by atoms with Crippen LogP contribution in [0.1, 0.15) is 39.3 Å². The summed E-state index contributed by atoms with van der Waals surface area (Å²) < 4.78 is 15.6. The Morgan fingerprint density at radius 3 is 2.83 bits per heavy atom. The molecule has 3 aromatic rings. The second-order valence-electron chi connectivity index (χ2n) is 7.67. The number of rotatable bonds is 7. The van der Waals surface area contributed by atoms with Crippen molar-refractivity contribution >= 4 is 5.91 Å². The molecular weight excluding hydrogens is 381 g/mol. The van der Waals surface area contributed by atoms with E-state index >= 15 is 0 Å². The quantitative estimate of drug-likeness (QED) is 0.632. The molecule has 1 amide bonds. The Bertz CT molecular complexity index is 1020. The first kappa shape index (κ1) is 20.2. The van der Waals surface area contributed by atoms with Crippen LogP contribution in [0, 0.1) is 5.82 Å². The summed E-state index contributed by atoms with van der Waals surface area (Å²) in [5.74, 6) is -0.577. The van der Waals surface area contributed by atoms with Crippen molar-refractivity contribution in [1.82, 2.24) is 25.4 Å². The zero-order chi connectivity index (χ0) is 20.9. The van der Waals surface area contributed by atoms with Gasteiger partial charge in [-0.2, -0.15) is 5.10 Å². The fourth-order valence-electron chi connectivity index (χ4n) is 4.02. The van der Waals surface area contributed by atoms with Crippen molar-refractivity contribution in [3.8, 4) is 0 Å². The summed E-state index contributed by atoms with van der Waals surface area (Å²) in [6, 6.07) is 10.8. The van der Waals surface area contributed by atoms with Crippen molar-refractivity contribution in [1.29, 1.82) is 0 Å². The molecule has 2 aromatic heterocycles. The van der Waals surface area contributed by atoms with Crippen LogP contribution < -0.4 is 10.6 Å². The number of halogens is 1. The number of nitrogens with one attached hydrogen (secondary N) is 2. The van der Waals surface area contributed by atoms with Crippen LogP contribution in [-0.4, -0.2) is 33.3 Å². The van der Waals surface area contributed by atoms with Crippen LogP contribution in [0.4, 0.5) is 4.39 Å². The fourth-order valence-corrected chi connectivity index (χ4v) is 4.02. The second-order valence-corrected chi connectivity index (χ2v) is 7.67. The highest BCUT2D eigenvalue weighted by Crippen LogP contribution is 2.24. The second kappa shape index (κ2) is 9.17. The first-order chi connectivity index (χ1) is 14.6. The van der Waals surface area contributed by atoms with Crippen molar-refractivity contribution in [2.75, 3.05) is 6.54 Å². The Morgan fingerprint density at radius 1 is 1.23 bits per heavy atom. The van der Waals surface area contributed by atoms with Crippen LogP contribution in [0.2, 0.25) is 0 Å². The van der Waals surface area contributed by atoms with E-state index in [4.69, 9.17) is 0 Å². The van der Waals surface area contributed by atoms with Gasteiger partial charge in [0.05, 0.1) is 0 Å². The number of amides is 1. The van der Waals surface area contributed by atoms with Gasteiger partial charge in [-0.15, -0.1) is 0 Å². The minimum Gasteiger partial charge on any atom is -0.346 e. The number of benzene rings is 1. The number of aromatic nitrogens is 3. The van der Waals surface area contributed by atoms with Crippen molar-refractivity contribution < 1.29 is 9.18 Å². The molecule has 6 nitrogen and oxygen atoms in total. The molecule has 0 spiro atoms. The van der Waals surface area contributed by atoms with Crippen molar-refractivity contribution in [2.45, 2.75) is 38.3 Å². The van der Waals surface area contributed by atoms with E-state index in [2.05, 4.69) is 20.7 Å². The third kappa shape index (κ3) is 4.57. The largest absolute Gasteiger partial charge is 0.346 e. The van der Waals surface area contributed by atoms with E-state index in [0.29, 0.717) is 17.3 Å². The van der Waals surface area contributed by atoms with Gasteiger partial charge in [0.2, 0.25) is 0 Å². The minimum absolute atomic E-state index is 0.143. The molecule has 1 aromatic carbocycles. The average molecular weight is 407 g/mol. The van der Waals surface area contributed by atoms with Crippen LogP contribution in [0.3, 0.4) is 0 Å². The van der Waals surface area contributed by atoms with Crippen LogP contribution in [0.5, 0.6) is 0 Å². The molecule has 0 fully saturated rings. The Labute approximate surface area is 175 Å². The van der Waals surface area contributed by atoms with Gasteiger partial charge in [-0.05, 0) is 56.0 Å². The molecule has 2 N–H and O–H groups in total. The molecule has 2 heterocycles. The lowest BCUT2D eigenvalue weighted by molar-refractivity contribution is 0.0943. The van der Waals surface area contributed by atoms with Crippen LogP contribution in [0.25, 0.3) is 0 Å². The highest BCUT2D eigenvalue weighted by Gasteiger charge is 2.28. The van der Waals surface area contributed by atoms with E-state index in [1.54, 1.807) is 22.9 Å². The van der Waals surface area contributed by atoms with Crippen LogP contribution in [-0.2, 0) is 32.9 Å². The van der Waals surface area contributed by atoms with Gasteiger partial charge in [0.15, 0.2) is 5.69 Å². The summed E-state index contributed by atoms with van der Waals surface area (Å²) in [6.07, 6.45) is 7.22. The molecule has 0 aliphatic heterocycles. The third-order valence-corrected chi connectivity index (χ3v) is 5.66. The van der Waals surface area contributed by atoms with Gasteiger partial charge < -0.3 is 10.6 Å². The number of nitrogens with zero attached hydrogens (tertiary/aromatic N) is 3. The fraction of sp³-hybridized carbons (Fsp3) is 0.348. The minimum atomic E-state index is -0.320. The standard InChI is InChI=1S/C23H26FN5O/c1-29-21-7-6-18(26-13-10-16-8-11-25-12-9-16)14-19(21)22(28-29)23(30)27-15-17-4-2-3-5-20(17)24/h2-5,8-9,11-12,18,26H,6-7,10,13-15H2,1H3,(H,27,30)/t18-/m0/s1. The Kier molecular flexibility index (Phi) is 6.18. The number of fused-ring (bicyclic) bond motifs is 1. The maximum atomic E-state index is 13.8. The van der Waals surface area contributed by atoms with Gasteiger partial charge >= 0.3 is 0 Å². The van der Waals surface area contributed by atoms with Crippen LogP contribution >= 0.6 is 0 Å². The molecule has 1 atom stereocenters. The van der Waals surface area contributed by atoms with Crippen molar-refractivity contribution in [2.24, 2.45) is 7.05 Å². The lowest BCUT2D eigenvalue weighted by atomic mass is 9.91. The summed E-state index contributed by atoms with van der Waals surface area (Å²) in [4.78, 5) is 16.8. The first-order valence-corrected chi connectivity index (χ1v) is 10.3. The Hall–Kier alpha value is -3.06. The highest BCUT2D eigenvalue weighted by molar-refractivity contribution is 5.94. The predicted molar refractivity (Wildman–Crippen MR) is 113 cm³/mol. The Morgan fingerprint density at radius 2 is 2.03 bits per heavy atom. The first-order valence-electron chi connectivity index (χ1n) is 10.3. The number of carbonyl (C=O) groups excluding carboxylic acids is 1. The summed E-state index contributed by atoms with van der Waals surface area (Å²) >= 11 is 0. The summed E-state index contributed by atoms with van der Waals surface area (Å²) in [5.41, 5.74) is 4.27. The number of hydrogen-bond donors (Lipinski definition) is 2. The number of carbonyl (C=O) groups is 1. The molecular formula is C23H26FN5O. The molecule has 0 bridgehead atoms. The number of hydrogen-bond acceptors (Lipinski definition) is 4. The molecule has 0 radical (unpaired) electrons. The average Bonchev–Trinajstić information content (AvgIpc) is 3.10. The van der Waals surface area contributed by atoms with E-state index < -0.39 is 0 Å². The summed E-state index contributed by atoms with van der Waals surface area (Å²) in [6.45, 7) is 1.02. The topological polar surface area (TPSA) is 71.8 Å². The lowest BCUT2D eigenvalue weighted by Gasteiger charge is -2.24.